The van der Waals surface area contributed by atoms with Crippen molar-refractivity contribution in [2.75, 3.05) is 26.2 Å². The minimum absolute atomic E-state index is 0.0559. The van der Waals surface area contributed by atoms with Crippen molar-refractivity contribution in [2.24, 2.45) is 11.7 Å². The highest BCUT2D eigenvalue weighted by Gasteiger charge is 2.25. The second-order valence-corrected chi connectivity index (χ2v) is 5.75. The Kier molecular flexibility index (Phi) is 4.65. The van der Waals surface area contributed by atoms with E-state index < -0.39 is 0 Å². The van der Waals surface area contributed by atoms with Crippen LogP contribution in [0, 0.1) is 26.7 Å². The third-order valence-corrected chi connectivity index (χ3v) is 3.92. The van der Waals surface area contributed by atoms with Gasteiger partial charge < -0.3 is 15.4 Å². The second kappa shape index (κ2) is 6.27. The maximum absolute atomic E-state index is 12.1. The van der Waals surface area contributed by atoms with Gasteiger partial charge in [-0.05, 0) is 50.8 Å². The molecule has 20 heavy (non-hydrogen) atoms. The smallest absolute Gasteiger partial charge is 0.260 e. The number of benzene rings is 1. The zero-order valence-electron chi connectivity index (χ0n) is 12.6. The Balaban J connectivity index is 1.94. The lowest BCUT2D eigenvalue weighted by atomic mass is 10.1. The minimum atomic E-state index is 0.0559. The Morgan fingerprint density at radius 2 is 2.00 bits per heavy atom. The first kappa shape index (κ1) is 14.9. The van der Waals surface area contributed by atoms with Gasteiger partial charge >= 0.3 is 0 Å². The van der Waals surface area contributed by atoms with Crippen molar-refractivity contribution in [2.45, 2.75) is 27.2 Å². The summed E-state index contributed by atoms with van der Waals surface area (Å²) in [5.74, 6) is 1.33. The molecule has 4 heteroatoms. The van der Waals surface area contributed by atoms with Gasteiger partial charge in [0.25, 0.3) is 5.91 Å². The number of hydrogen-bond donors (Lipinski definition) is 1. The lowest BCUT2D eigenvalue weighted by Gasteiger charge is -2.18. The van der Waals surface area contributed by atoms with Crippen molar-refractivity contribution in [3.63, 3.8) is 0 Å². The molecule has 0 spiro atoms. The molecule has 1 aromatic rings. The van der Waals surface area contributed by atoms with Crippen LogP contribution in [0.25, 0.3) is 0 Å². The highest BCUT2D eigenvalue weighted by molar-refractivity contribution is 5.78. The largest absolute Gasteiger partial charge is 0.483 e. The molecule has 2 rings (SSSR count). The molecule has 110 valence electrons. The molecule has 1 atom stereocenters. The molecule has 2 N–H and O–H groups in total. The van der Waals surface area contributed by atoms with Gasteiger partial charge in [0.2, 0.25) is 0 Å². The third-order valence-electron chi connectivity index (χ3n) is 3.92. The van der Waals surface area contributed by atoms with Crippen molar-refractivity contribution in [3.05, 3.63) is 28.8 Å². The van der Waals surface area contributed by atoms with Gasteiger partial charge in [-0.25, -0.2) is 0 Å². The van der Waals surface area contributed by atoms with Crippen molar-refractivity contribution in [3.8, 4) is 5.75 Å². The average molecular weight is 276 g/mol. The summed E-state index contributed by atoms with van der Waals surface area (Å²) in [5, 5.41) is 0. The lowest BCUT2D eigenvalue weighted by molar-refractivity contribution is -0.132. The monoisotopic (exact) mass is 276 g/mol. The van der Waals surface area contributed by atoms with E-state index in [2.05, 4.69) is 19.1 Å². The van der Waals surface area contributed by atoms with Crippen LogP contribution in [0.2, 0.25) is 0 Å². The van der Waals surface area contributed by atoms with Crippen LogP contribution in [0.5, 0.6) is 5.75 Å². The summed E-state index contributed by atoms with van der Waals surface area (Å²) in [6.45, 7) is 8.43. The number of aryl methyl sites for hydroxylation is 3. The molecular weight excluding hydrogens is 252 g/mol. The van der Waals surface area contributed by atoms with E-state index in [1.165, 1.54) is 5.56 Å². The first-order valence-electron chi connectivity index (χ1n) is 7.19. The minimum Gasteiger partial charge on any atom is -0.483 e. The third kappa shape index (κ3) is 3.31. The molecule has 0 saturated carbocycles. The van der Waals surface area contributed by atoms with Crippen molar-refractivity contribution in [1.82, 2.24) is 4.90 Å². The highest BCUT2D eigenvalue weighted by Crippen LogP contribution is 2.24. The SMILES string of the molecule is Cc1cc(C)c(OCC(=O)N2CC[C@@H](CN)C2)c(C)c1. The van der Waals surface area contributed by atoms with Crippen LogP contribution in [0.3, 0.4) is 0 Å². The summed E-state index contributed by atoms with van der Waals surface area (Å²) >= 11 is 0. The zero-order valence-corrected chi connectivity index (χ0v) is 12.6. The normalized spacial score (nSPS) is 18.4. The number of rotatable bonds is 4. The summed E-state index contributed by atoms with van der Waals surface area (Å²) in [6.07, 6.45) is 1.00. The Bertz CT molecular complexity index is 476. The van der Waals surface area contributed by atoms with E-state index in [4.69, 9.17) is 10.5 Å². The van der Waals surface area contributed by atoms with Crippen molar-refractivity contribution < 1.29 is 9.53 Å². The Morgan fingerprint density at radius 1 is 1.35 bits per heavy atom. The van der Waals surface area contributed by atoms with Crippen LogP contribution < -0.4 is 10.5 Å². The summed E-state index contributed by atoms with van der Waals surface area (Å²) in [6, 6.07) is 4.15. The molecule has 1 heterocycles. The van der Waals surface area contributed by atoms with E-state index in [0.29, 0.717) is 12.5 Å². The number of carbonyl (C=O) groups excluding carboxylic acids is 1. The molecule has 1 aliphatic rings. The maximum atomic E-state index is 12.1. The molecule has 4 nitrogen and oxygen atoms in total. The van der Waals surface area contributed by atoms with Crippen LogP contribution in [-0.2, 0) is 4.79 Å². The van der Waals surface area contributed by atoms with E-state index in [-0.39, 0.29) is 12.5 Å². The van der Waals surface area contributed by atoms with Crippen LogP contribution in [-0.4, -0.2) is 37.0 Å². The van der Waals surface area contributed by atoms with Gasteiger partial charge in [-0.3, -0.25) is 4.79 Å². The summed E-state index contributed by atoms with van der Waals surface area (Å²) in [7, 11) is 0. The molecule has 0 aromatic heterocycles. The molecule has 1 amide bonds. The van der Waals surface area contributed by atoms with Crippen molar-refractivity contribution >= 4 is 5.91 Å². The predicted octanol–water partition coefficient (Wildman–Crippen LogP) is 1.80. The first-order valence-corrected chi connectivity index (χ1v) is 7.19. The number of nitrogens with two attached hydrogens (primary N) is 1. The van der Waals surface area contributed by atoms with Gasteiger partial charge in [-0.2, -0.15) is 0 Å². The molecule has 1 aliphatic heterocycles. The summed E-state index contributed by atoms with van der Waals surface area (Å²) in [4.78, 5) is 14.0. The fourth-order valence-electron chi connectivity index (χ4n) is 2.87. The Morgan fingerprint density at radius 3 is 2.55 bits per heavy atom. The van der Waals surface area contributed by atoms with Crippen LogP contribution in [0.15, 0.2) is 12.1 Å². The van der Waals surface area contributed by atoms with Gasteiger partial charge in [0.15, 0.2) is 6.61 Å². The molecule has 0 radical (unpaired) electrons. The van der Waals surface area contributed by atoms with E-state index in [1.807, 2.05) is 18.7 Å². The number of ether oxygens (including phenoxy) is 1. The summed E-state index contributed by atoms with van der Waals surface area (Å²) in [5.41, 5.74) is 9.02. The van der Waals surface area contributed by atoms with Crippen molar-refractivity contribution in [1.29, 1.82) is 0 Å². The van der Waals surface area contributed by atoms with Gasteiger partial charge in [-0.1, -0.05) is 17.7 Å². The molecule has 0 aliphatic carbocycles. The Labute approximate surface area is 120 Å². The molecule has 1 saturated heterocycles. The molecular formula is C16H24N2O2. The number of likely N-dealkylation sites (tertiary alicyclic amines) is 1. The van der Waals surface area contributed by atoms with E-state index in [9.17, 15) is 4.79 Å². The van der Waals surface area contributed by atoms with E-state index in [1.54, 1.807) is 0 Å². The Hall–Kier alpha value is -1.55. The topological polar surface area (TPSA) is 55.6 Å². The average Bonchev–Trinajstić information content (AvgIpc) is 2.86. The lowest BCUT2D eigenvalue weighted by Crippen LogP contribution is -2.33. The van der Waals surface area contributed by atoms with Gasteiger partial charge in [0.1, 0.15) is 5.75 Å². The predicted molar refractivity (Wildman–Crippen MR) is 79.9 cm³/mol. The number of nitrogens with zero attached hydrogens (tertiary/aromatic N) is 1. The maximum Gasteiger partial charge on any atom is 0.260 e. The highest BCUT2D eigenvalue weighted by atomic mass is 16.5. The number of hydrogen-bond acceptors (Lipinski definition) is 3. The molecule has 0 bridgehead atoms. The van der Waals surface area contributed by atoms with Gasteiger partial charge in [0.05, 0.1) is 0 Å². The standard InChI is InChI=1S/C16H24N2O2/c1-11-6-12(2)16(13(3)7-11)20-10-15(19)18-5-4-14(8-17)9-18/h6-7,14H,4-5,8-10,17H2,1-3H3/t14-/m0/s1. The molecule has 1 fully saturated rings. The fraction of sp³-hybridized carbons (Fsp3) is 0.562. The van der Waals surface area contributed by atoms with Crippen LogP contribution in [0.4, 0.5) is 0 Å². The quantitative estimate of drug-likeness (QED) is 0.912. The van der Waals surface area contributed by atoms with Gasteiger partial charge in [0, 0.05) is 13.1 Å². The van der Waals surface area contributed by atoms with Crippen LogP contribution >= 0.6 is 0 Å². The molecule has 0 unspecified atom stereocenters. The number of carbonyl (C=O) groups is 1. The van der Waals surface area contributed by atoms with E-state index in [0.717, 1.165) is 36.4 Å². The first-order chi connectivity index (χ1) is 9.51. The zero-order chi connectivity index (χ0) is 14.7. The molecule has 1 aromatic carbocycles. The second-order valence-electron chi connectivity index (χ2n) is 5.75. The van der Waals surface area contributed by atoms with Gasteiger partial charge in [-0.15, -0.1) is 0 Å². The number of amides is 1. The fourth-order valence-corrected chi connectivity index (χ4v) is 2.87. The summed E-state index contributed by atoms with van der Waals surface area (Å²) < 4.78 is 5.74. The van der Waals surface area contributed by atoms with E-state index >= 15 is 0 Å². The van der Waals surface area contributed by atoms with Crippen LogP contribution in [0.1, 0.15) is 23.1 Å².